The number of pyridine rings is 1. The number of anilines is 2. The van der Waals surface area contributed by atoms with E-state index in [4.69, 9.17) is 5.73 Å². The molecular formula is C11H13FN6. The molecule has 2 aromatic heterocycles. The third-order valence-corrected chi connectivity index (χ3v) is 3.34. The van der Waals surface area contributed by atoms with Crippen LogP contribution in [0.15, 0.2) is 6.20 Å². The number of rotatable bonds is 0. The summed E-state index contributed by atoms with van der Waals surface area (Å²) < 4.78 is 14.0. The Morgan fingerprint density at radius 3 is 2.78 bits per heavy atom. The zero-order valence-corrected chi connectivity index (χ0v) is 10.3. The van der Waals surface area contributed by atoms with Crippen LogP contribution in [-0.4, -0.2) is 27.0 Å². The molecule has 94 valence electrons. The lowest BCUT2D eigenvalue weighted by molar-refractivity contribution is 0.615. The van der Waals surface area contributed by atoms with Crippen LogP contribution in [0.2, 0.25) is 0 Å². The van der Waals surface area contributed by atoms with Gasteiger partial charge in [-0.25, -0.2) is 9.37 Å². The van der Waals surface area contributed by atoms with E-state index in [1.165, 1.54) is 4.80 Å². The molecule has 0 aromatic carbocycles. The fourth-order valence-electron chi connectivity index (χ4n) is 2.33. The molecule has 3 heterocycles. The van der Waals surface area contributed by atoms with Gasteiger partial charge in [-0.3, -0.25) is 0 Å². The standard InChI is InChI=1S/C11H13FN6/c1-5-8-9(16-18(3)15-8)7-6(12)4-14-11(13)10(7)17(5)2/h4-5H,1-3H3,(H2,13,14). The van der Waals surface area contributed by atoms with Crippen LogP contribution in [0.3, 0.4) is 0 Å². The summed E-state index contributed by atoms with van der Waals surface area (Å²) in [5.41, 5.74) is 8.11. The maximum absolute atomic E-state index is 14.0. The first-order valence-corrected chi connectivity index (χ1v) is 5.59. The molecule has 0 radical (unpaired) electrons. The predicted molar refractivity (Wildman–Crippen MR) is 65.4 cm³/mol. The molecule has 1 atom stereocenters. The minimum atomic E-state index is -0.431. The Morgan fingerprint density at radius 2 is 2.06 bits per heavy atom. The first-order chi connectivity index (χ1) is 8.50. The highest BCUT2D eigenvalue weighted by atomic mass is 19.1. The largest absolute Gasteiger partial charge is 0.382 e. The molecule has 18 heavy (non-hydrogen) atoms. The Morgan fingerprint density at radius 1 is 1.33 bits per heavy atom. The van der Waals surface area contributed by atoms with Crippen molar-refractivity contribution in [3.8, 4) is 11.3 Å². The number of nitrogens with zero attached hydrogens (tertiary/aromatic N) is 5. The minimum Gasteiger partial charge on any atom is -0.382 e. The number of nitrogen functional groups attached to an aromatic ring is 1. The molecule has 1 unspecified atom stereocenters. The Balaban J connectivity index is 2.40. The predicted octanol–water partition coefficient (Wildman–Crippen LogP) is 1.11. The Kier molecular flexibility index (Phi) is 2.07. The summed E-state index contributed by atoms with van der Waals surface area (Å²) in [6, 6.07) is -0.0212. The summed E-state index contributed by atoms with van der Waals surface area (Å²) >= 11 is 0. The van der Waals surface area contributed by atoms with Crippen molar-refractivity contribution in [1.29, 1.82) is 0 Å². The summed E-state index contributed by atoms with van der Waals surface area (Å²) in [7, 11) is 3.56. The van der Waals surface area contributed by atoms with E-state index in [0.717, 1.165) is 11.9 Å². The second kappa shape index (κ2) is 3.41. The lowest BCUT2D eigenvalue weighted by atomic mass is 9.98. The Hall–Kier alpha value is -2.18. The molecule has 1 aliphatic rings. The molecule has 0 saturated carbocycles. The molecular weight excluding hydrogens is 235 g/mol. The molecule has 6 nitrogen and oxygen atoms in total. The van der Waals surface area contributed by atoms with Crippen molar-refractivity contribution in [3.05, 3.63) is 17.7 Å². The zero-order chi connectivity index (χ0) is 13.0. The molecule has 0 amide bonds. The average Bonchev–Trinajstić information content (AvgIpc) is 2.71. The number of aromatic nitrogens is 4. The SMILES string of the molecule is CC1c2nn(C)nc2-c2c(F)cnc(N)c2N1C. The van der Waals surface area contributed by atoms with Crippen LogP contribution in [0, 0.1) is 5.82 Å². The quantitative estimate of drug-likeness (QED) is 0.756. The van der Waals surface area contributed by atoms with Gasteiger partial charge in [0.1, 0.15) is 17.2 Å². The van der Waals surface area contributed by atoms with Crippen molar-refractivity contribution in [1.82, 2.24) is 20.0 Å². The highest BCUT2D eigenvalue weighted by Gasteiger charge is 2.34. The highest BCUT2D eigenvalue weighted by Crippen LogP contribution is 2.45. The van der Waals surface area contributed by atoms with Crippen molar-refractivity contribution in [2.24, 2.45) is 7.05 Å². The molecule has 2 aromatic rings. The van der Waals surface area contributed by atoms with Crippen LogP contribution in [0.1, 0.15) is 18.7 Å². The van der Waals surface area contributed by atoms with Crippen molar-refractivity contribution >= 4 is 11.5 Å². The minimum absolute atomic E-state index is 0.0212. The molecule has 0 bridgehead atoms. The van der Waals surface area contributed by atoms with Crippen LogP contribution in [-0.2, 0) is 7.05 Å². The molecule has 0 aliphatic carbocycles. The maximum Gasteiger partial charge on any atom is 0.153 e. The summed E-state index contributed by atoms with van der Waals surface area (Å²) in [5.74, 6) is -0.128. The summed E-state index contributed by atoms with van der Waals surface area (Å²) in [5, 5.41) is 8.52. The molecule has 3 rings (SSSR count). The molecule has 2 N–H and O–H groups in total. The van der Waals surface area contributed by atoms with E-state index in [1.807, 2.05) is 18.9 Å². The number of aryl methyl sites for hydroxylation is 1. The molecule has 0 fully saturated rings. The second-order valence-corrected chi connectivity index (χ2v) is 4.43. The van der Waals surface area contributed by atoms with E-state index in [2.05, 4.69) is 15.2 Å². The van der Waals surface area contributed by atoms with Gasteiger partial charge in [0.15, 0.2) is 5.82 Å². The van der Waals surface area contributed by atoms with Crippen molar-refractivity contribution in [3.63, 3.8) is 0 Å². The van der Waals surface area contributed by atoms with E-state index >= 15 is 0 Å². The second-order valence-electron chi connectivity index (χ2n) is 4.43. The molecule has 0 saturated heterocycles. The number of hydrogen-bond acceptors (Lipinski definition) is 5. The summed E-state index contributed by atoms with van der Waals surface area (Å²) in [6.07, 6.45) is 1.12. The lowest BCUT2D eigenvalue weighted by Crippen LogP contribution is -2.28. The number of nitrogens with two attached hydrogens (primary N) is 1. The van der Waals surface area contributed by atoms with Gasteiger partial charge in [0.05, 0.1) is 23.5 Å². The summed E-state index contributed by atoms with van der Waals surface area (Å²) in [4.78, 5) is 7.18. The highest BCUT2D eigenvalue weighted by molar-refractivity contribution is 5.87. The Bertz CT molecular complexity index is 635. The first kappa shape index (κ1) is 10.9. The van der Waals surface area contributed by atoms with Crippen LogP contribution in [0.5, 0.6) is 0 Å². The van der Waals surface area contributed by atoms with Crippen LogP contribution >= 0.6 is 0 Å². The van der Waals surface area contributed by atoms with E-state index in [-0.39, 0.29) is 6.04 Å². The van der Waals surface area contributed by atoms with E-state index < -0.39 is 5.82 Å². The van der Waals surface area contributed by atoms with Crippen LogP contribution in [0.4, 0.5) is 15.9 Å². The van der Waals surface area contributed by atoms with Crippen molar-refractivity contribution < 1.29 is 4.39 Å². The third kappa shape index (κ3) is 1.24. The normalized spacial score (nSPS) is 17.6. The monoisotopic (exact) mass is 248 g/mol. The van der Waals surface area contributed by atoms with Crippen molar-refractivity contribution in [2.45, 2.75) is 13.0 Å². The van der Waals surface area contributed by atoms with Gasteiger partial charge in [-0.1, -0.05) is 0 Å². The maximum atomic E-state index is 14.0. The molecule has 7 heteroatoms. The van der Waals surface area contributed by atoms with Gasteiger partial charge in [0, 0.05) is 14.1 Å². The molecule has 1 aliphatic heterocycles. The Labute approximate surface area is 103 Å². The fraction of sp³-hybridized carbons (Fsp3) is 0.364. The number of fused-ring (bicyclic) bond motifs is 3. The van der Waals surface area contributed by atoms with Gasteiger partial charge >= 0.3 is 0 Å². The topological polar surface area (TPSA) is 72.9 Å². The van der Waals surface area contributed by atoms with Gasteiger partial charge in [0.2, 0.25) is 0 Å². The smallest absolute Gasteiger partial charge is 0.153 e. The van der Waals surface area contributed by atoms with Gasteiger partial charge < -0.3 is 10.6 Å². The average molecular weight is 248 g/mol. The lowest BCUT2D eigenvalue weighted by Gasteiger charge is -2.32. The van der Waals surface area contributed by atoms with Gasteiger partial charge in [-0.2, -0.15) is 15.0 Å². The van der Waals surface area contributed by atoms with Crippen molar-refractivity contribution in [2.75, 3.05) is 17.7 Å². The third-order valence-electron chi connectivity index (χ3n) is 3.34. The van der Waals surface area contributed by atoms with Gasteiger partial charge in [-0.05, 0) is 6.92 Å². The number of halogens is 1. The summed E-state index contributed by atoms with van der Waals surface area (Å²) in [6.45, 7) is 1.97. The zero-order valence-electron chi connectivity index (χ0n) is 10.3. The van der Waals surface area contributed by atoms with E-state index in [0.29, 0.717) is 22.8 Å². The van der Waals surface area contributed by atoms with Crippen LogP contribution < -0.4 is 10.6 Å². The molecule has 0 spiro atoms. The van der Waals surface area contributed by atoms with Crippen LogP contribution in [0.25, 0.3) is 11.3 Å². The van der Waals surface area contributed by atoms with E-state index in [9.17, 15) is 4.39 Å². The fourth-order valence-corrected chi connectivity index (χ4v) is 2.33. The first-order valence-electron chi connectivity index (χ1n) is 5.59. The van der Waals surface area contributed by atoms with Gasteiger partial charge in [-0.15, -0.1) is 0 Å². The van der Waals surface area contributed by atoms with Gasteiger partial charge in [0.25, 0.3) is 0 Å². The number of hydrogen-bond donors (Lipinski definition) is 1. The van der Waals surface area contributed by atoms with E-state index in [1.54, 1.807) is 7.05 Å².